The Hall–Kier alpha value is -4.46. The van der Waals surface area contributed by atoms with Crippen LogP contribution in [-0.4, -0.2) is 34.0 Å². The van der Waals surface area contributed by atoms with Crippen LogP contribution in [0.15, 0.2) is 53.6 Å². The number of nitrogens with one attached hydrogen (secondary N) is 3. The number of aromatic carboxylic acids is 1. The predicted molar refractivity (Wildman–Crippen MR) is 155 cm³/mol. The summed E-state index contributed by atoms with van der Waals surface area (Å²) in [7, 11) is 0. The zero-order valence-electron chi connectivity index (χ0n) is 22.3. The summed E-state index contributed by atoms with van der Waals surface area (Å²) >= 11 is 0. The van der Waals surface area contributed by atoms with Crippen molar-refractivity contribution in [1.82, 2.24) is 0 Å². The number of hydrogen-bond acceptors (Lipinski definition) is 6. The number of carboxylic acid groups (broad SMARTS) is 1. The summed E-state index contributed by atoms with van der Waals surface area (Å²) in [6.07, 6.45) is 8.19. The first-order chi connectivity index (χ1) is 18.8. The topological polar surface area (TPSA) is 135 Å². The van der Waals surface area contributed by atoms with E-state index in [4.69, 9.17) is 5.41 Å². The number of carbonyl (C=O) groups is 2. The number of phenols is 1. The average molecular weight is 527 g/mol. The lowest BCUT2D eigenvalue weighted by atomic mass is 9.86. The minimum atomic E-state index is -1.01. The van der Waals surface area contributed by atoms with E-state index in [9.17, 15) is 19.8 Å². The molecule has 3 aromatic rings. The lowest BCUT2D eigenvalue weighted by Crippen LogP contribution is -2.10. The van der Waals surface area contributed by atoms with Gasteiger partial charge in [0.2, 0.25) is 6.41 Å². The van der Waals surface area contributed by atoms with Gasteiger partial charge in [0.15, 0.2) is 0 Å². The molecule has 0 spiro atoms. The Morgan fingerprint density at radius 1 is 0.949 bits per heavy atom. The fraction of sp³-hybridized carbons (Fsp3) is 0.290. The van der Waals surface area contributed by atoms with Gasteiger partial charge in [0.1, 0.15) is 11.4 Å². The van der Waals surface area contributed by atoms with E-state index >= 15 is 0 Å². The molecule has 2 aliphatic carbocycles. The van der Waals surface area contributed by atoms with Crippen LogP contribution < -0.4 is 10.7 Å². The molecule has 5 rings (SSSR count). The maximum Gasteiger partial charge on any atom is 0.335 e. The average Bonchev–Trinajstić information content (AvgIpc) is 3.41. The Morgan fingerprint density at radius 3 is 2.44 bits per heavy atom. The molecule has 8 heteroatoms. The first kappa shape index (κ1) is 27.6. The Morgan fingerprint density at radius 2 is 1.69 bits per heavy atom. The highest BCUT2D eigenvalue weighted by molar-refractivity contribution is 6.39. The predicted octanol–water partition coefficient (Wildman–Crippen LogP) is 6.21. The molecule has 0 radical (unpaired) electrons. The third-order valence-corrected chi connectivity index (χ3v) is 7.25. The summed E-state index contributed by atoms with van der Waals surface area (Å²) in [5, 5.41) is 34.8. The molecule has 39 heavy (non-hydrogen) atoms. The lowest BCUT2D eigenvalue weighted by Gasteiger charge is -2.22. The minimum absolute atomic E-state index is 0.0531. The van der Waals surface area contributed by atoms with Crippen LogP contribution in [0.2, 0.25) is 0 Å². The summed E-state index contributed by atoms with van der Waals surface area (Å²) < 4.78 is 0. The normalized spacial score (nSPS) is 13.8. The van der Waals surface area contributed by atoms with Crippen LogP contribution >= 0.6 is 0 Å². The second kappa shape index (κ2) is 12.4. The number of anilines is 2. The smallest absolute Gasteiger partial charge is 0.335 e. The molecule has 0 saturated carbocycles. The van der Waals surface area contributed by atoms with Crippen molar-refractivity contribution >= 4 is 35.2 Å². The fourth-order valence-electron chi connectivity index (χ4n) is 5.01. The Bertz CT molecular complexity index is 1440. The molecule has 0 heterocycles. The number of aromatic hydroxyl groups is 1. The van der Waals surface area contributed by atoms with Gasteiger partial charge in [-0.1, -0.05) is 18.2 Å². The van der Waals surface area contributed by atoms with Crippen molar-refractivity contribution in [2.24, 2.45) is 5.10 Å². The molecule has 2 aliphatic rings. The lowest BCUT2D eigenvalue weighted by molar-refractivity contribution is -0.105. The first-order valence-electron chi connectivity index (χ1n) is 13.2. The van der Waals surface area contributed by atoms with E-state index in [1.807, 2.05) is 12.1 Å². The second-order valence-corrected chi connectivity index (χ2v) is 9.91. The Balaban J connectivity index is 0.000000243. The number of hydrogen-bond donors (Lipinski definition) is 5. The second-order valence-electron chi connectivity index (χ2n) is 9.91. The summed E-state index contributed by atoms with van der Waals surface area (Å²) in [5.74, 6) is -0.952. The van der Waals surface area contributed by atoms with Crippen LogP contribution in [0.3, 0.4) is 0 Å². The standard InChI is InChI=1S/C21H23N3O3.C10H11NO/c1-12(22)13(2)23-24-19-17-9-4-3-6-15(17)11-18(20(19)25)14-7-5-8-16(10-14)21(26)27;12-7-11-10-5-4-8-2-1-3-9(8)6-10/h5,7-8,10-11,22,24-25H,3-4,6,9H2,1-2H3,(H,26,27);4-7H,1-3H2,(H,11,12)/b22-12?,23-13+;. The van der Waals surface area contributed by atoms with E-state index in [1.165, 1.54) is 30.0 Å². The molecule has 8 nitrogen and oxygen atoms in total. The maximum atomic E-state index is 11.3. The van der Waals surface area contributed by atoms with Crippen LogP contribution in [0.4, 0.5) is 11.4 Å². The van der Waals surface area contributed by atoms with Gasteiger partial charge in [0, 0.05) is 11.3 Å². The van der Waals surface area contributed by atoms with Crippen molar-refractivity contribution in [2.45, 2.75) is 58.8 Å². The molecule has 0 bridgehead atoms. The van der Waals surface area contributed by atoms with Crippen molar-refractivity contribution < 1.29 is 19.8 Å². The van der Waals surface area contributed by atoms with E-state index in [0.29, 0.717) is 28.2 Å². The number of carboxylic acids is 1. The Labute approximate surface area is 228 Å². The number of nitrogens with zero attached hydrogens (tertiary/aromatic N) is 1. The molecule has 0 aliphatic heterocycles. The molecular weight excluding hydrogens is 492 g/mol. The van der Waals surface area contributed by atoms with Crippen LogP contribution in [0.5, 0.6) is 5.75 Å². The van der Waals surface area contributed by atoms with E-state index in [-0.39, 0.29) is 11.3 Å². The quantitative estimate of drug-likeness (QED) is 0.108. The van der Waals surface area contributed by atoms with Crippen molar-refractivity contribution in [3.05, 3.63) is 76.3 Å². The third-order valence-electron chi connectivity index (χ3n) is 7.25. The fourth-order valence-corrected chi connectivity index (χ4v) is 5.01. The molecular formula is C31H34N4O4. The number of hydrazone groups is 1. The largest absolute Gasteiger partial charge is 0.505 e. The van der Waals surface area contributed by atoms with Crippen molar-refractivity contribution in [1.29, 1.82) is 5.41 Å². The van der Waals surface area contributed by atoms with Gasteiger partial charge in [-0.25, -0.2) is 4.79 Å². The molecule has 1 amide bonds. The summed E-state index contributed by atoms with van der Waals surface area (Å²) in [5.41, 5.74) is 11.7. The van der Waals surface area contributed by atoms with Crippen molar-refractivity contribution in [3.8, 4) is 16.9 Å². The zero-order valence-corrected chi connectivity index (χ0v) is 22.3. The molecule has 0 saturated heterocycles. The summed E-state index contributed by atoms with van der Waals surface area (Å²) in [6.45, 7) is 3.39. The molecule has 0 unspecified atom stereocenters. The van der Waals surface area contributed by atoms with Crippen molar-refractivity contribution in [3.63, 3.8) is 0 Å². The van der Waals surface area contributed by atoms with Crippen LogP contribution in [0.25, 0.3) is 11.1 Å². The van der Waals surface area contributed by atoms with Gasteiger partial charge in [0.05, 0.1) is 17.0 Å². The van der Waals surface area contributed by atoms with Gasteiger partial charge in [-0.3, -0.25) is 10.2 Å². The highest BCUT2D eigenvalue weighted by Crippen LogP contribution is 2.43. The monoisotopic (exact) mass is 526 g/mol. The summed E-state index contributed by atoms with van der Waals surface area (Å²) in [6, 6.07) is 14.6. The zero-order chi connectivity index (χ0) is 27.9. The highest BCUT2D eigenvalue weighted by atomic mass is 16.4. The minimum Gasteiger partial charge on any atom is -0.505 e. The molecule has 3 aromatic carbocycles. The first-order valence-corrected chi connectivity index (χ1v) is 13.2. The van der Waals surface area contributed by atoms with E-state index in [1.54, 1.807) is 32.0 Å². The maximum absolute atomic E-state index is 11.3. The number of fused-ring (bicyclic) bond motifs is 2. The number of aryl methyl sites for hydroxylation is 3. The number of benzene rings is 3. The third kappa shape index (κ3) is 6.52. The van der Waals surface area contributed by atoms with Crippen LogP contribution in [-0.2, 0) is 30.5 Å². The van der Waals surface area contributed by atoms with Crippen LogP contribution in [0.1, 0.15) is 65.7 Å². The van der Waals surface area contributed by atoms with Gasteiger partial charge in [-0.2, -0.15) is 5.10 Å². The molecule has 202 valence electrons. The number of carbonyl (C=O) groups excluding carboxylic acids is 1. The van der Waals surface area contributed by atoms with Gasteiger partial charge < -0.3 is 20.9 Å². The molecule has 0 atom stereocenters. The van der Waals surface area contributed by atoms with E-state index in [2.05, 4.69) is 28.0 Å². The van der Waals surface area contributed by atoms with E-state index in [0.717, 1.165) is 55.3 Å². The molecule has 0 fully saturated rings. The molecule has 0 aromatic heterocycles. The van der Waals surface area contributed by atoms with Crippen molar-refractivity contribution in [2.75, 3.05) is 10.7 Å². The Kier molecular flexibility index (Phi) is 8.76. The van der Waals surface area contributed by atoms with Gasteiger partial charge in [0.25, 0.3) is 0 Å². The number of phenolic OH excluding ortho intramolecular Hbond substituents is 1. The SMILES string of the molecule is CC(=N)/C(C)=N/Nc1c(O)c(-c2cccc(C(=O)O)c2)cc2c1CCCC2.O=CNc1ccc2c(c1)CCC2. The summed E-state index contributed by atoms with van der Waals surface area (Å²) in [4.78, 5) is 21.5. The highest BCUT2D eigenvalue weighted by Gasteiger charge is 2.21. The van der Waals surface area contributed by atoms with Gasteiger partial charge in [-0.15, -0.1) is 0 Å². The number of amides is 1. The van der Waals surface area contributed by atoms with Gasteiger partial charge >= 0.3 is 5.97 Å². The van der Waals surface area contributed by atoms with Crippen LogP contribution in [0, 0.1) is 5.41 Å². The van der Waals surface area contributed by atoms with Gasteiger partial charge in [-0.05, 0) is 117 Å². The van der Waals surface area contributed by atoms with E-state index < -0.39 is 5.97 Å². The number of rotatable bonds is 7. The molecule has 5 N–H and O–H groups in total.